The Labute approximate surface area is 203 Å². The predicted octanol–water partition coefficient (Wildman–Crippen LogP) is 4.01. The molecule has 4 heterocycles. The quantitative estimate of drug-likeness (QED) is 0.581. The van der Waals surface area contributed by atoms with E-state index in [0.717, 1.165) is 28.9 Å². The van der Waals surface area contributed by atoms with E-state index in [9.17, 15) is 13.5 Å². The van der Waals surface area contributed by atoms with Crippen LogP contribution in [0.5, 0.6) is 5.75 Å². The molecule has 3 aromatic rings. The van der Waals surface area contributed by atoms with Crippen molar-refractivity contribution in [1.29, 1.82) is 0 Å². The second-order valence-electron chi connectivity index (χ2n) is 9.21. The van der Waals surface area contributed by atoms with Gasteiger partial charge in [-0.3, -0.25) is 9.88 Å². The van der Waals surface area contributed by atoms with Crippen molar-refractivity contribution in [3.05, 3.63) is 64.3 Å². The number of aromatic nitrogens is 3. The Balaban J connectivity index is 1.38. The maximum absolute atomic E-state index is 13.0. The molecular formula is C24H27N5O3S2. The number of piperidine rings is 1. The van der Waals surface area contributed by atoms with Crippen molar-refractivity contribution < 1.29 is 13.5 Å². The Bertz CT molecular complexity index is 1370. The highest BCUT2D eigenvalue weighted by molar-refractivity contribution is 7.96. The number of phenolic OH excluding ortho intramolecular Hbond substituents is 1. The lowest BCUT2D eigenvalue weighted by Gasteiger charge is -2.46. The average molecular weight is 498 g/mol. The molecule has 1 spiro atoms. The third-order valence-electron chi connectivity index (χ3n) is 6.71. The SMILES string of the molecule is Cc1cncc(N2[C@]3(C=CS2(=O)=O)CCN(Cc2ccc(O)c(-c4nscc4C)c2)[C@@H](C)C3)n1. The van der Waals surface area contributed by atoms with E-state index >= 15 is 0 Å². The molecule has 2 aliphatic heterocycles. The zero-order chi connectivity index (χ0) is 24.1. The van der Waals surface area contributed by atoms with Gasteiger partial charge in [0.15, 0.2) is 5.82 Å². The maximum Gasteiger partial charge on any atom is 0.259 e. The zero-order valence-corrected chi connectivity index (χ0v) is 21.0. The Morgan fingerprint density at radius 3 is 2.79 bits per heavy atom. The average Bonchev–Trinajstić information content (AvgIpc) is 3.31. The van der Waals surface area contributed by atoms with Crippen molar-refractivity contribution in [2.24, 2.45) is 0 Å². The van der Waals surface area contributed by atoms with E-state index in [1.165, 1.54) is 27.4 Å². The number of aryl methyl sites for hydroxylation is 2. The van der Waals surface area contributed by atoms with Gasteiger partial charge in [-0.05, 0) is 74.5 Å². The summed E-state index contributed by atoms with van der Waals surface area (Å²) in [7, 11) is -3.61. The highest BCUT2D eigenvalue weighted by Gasteiger charge is 2.50. The summed E-state index contributed by atoms with van der Waals surface area (Å²) in [4.78, 5) is 11.0. The fraction of sp³-hybridized carbons (Fsp3) is 0.375. The molecule has 2 aliphatic rings. The zero-order valence-electron chi connectivity index (χ0n) is 19.3. The van der Waals surface area contributed by atoms with Gasteiger partial charge >= 0.3 is 0 Å². The van der Waals surface area contributed by atoms with Crippen LogP contribution in [0.3, 0.4) is 0 Å². The molecule has 0 radical (unpaired) electrons. The molecule has 5 rings (SSSR count). The molecule has 10 heteroatoms. The lowest BCUT2D eigenvalue weighted by atomic mass is 9.83. The Hall–Kier alpha value is -2.82. The number of hydrogen-bond acceptors (Lipinski definition) is 8. The molecule has 0 amide bonds. The van der Waals surface area contributed by atoms with E-state index in [4.69, 9.17) is 0 Å². The topological polar surface area (TPSA) is 99.5 Å². The van der Waals surface area contributed by atoms with Crippen molar-refractivity contribution >= 4 is 27.4 Å². The van der Waals surface area contributed by atoms with E-state index in [1.54, 1.807) is 12.3 Å². The Kier molecular flexibility index (Phi) is 5.70. The largest absolute Gasteiger partial charge is 0.507 e. The Morgan fingerprint density at radius 1 is 1.26 bits per heavy atom. The molecule has 1 fully saturated rings. The number of aromatic hydroxyl groups is 1. The van der Waals surface area contributed by atoms with Gasteiger partial charge in [0.1, 0.15) is 5.75 Å². The number of rotatable bonds is 4. The minimum atomic E-state index is -3.61. The highest BCUT2D eigenvalue weighted by Crippen LogP contribution is 2.43. The van der Waals surface area contributed by atoms with Crippen LogP contribution in [0.2, 0.25) is 0 Å². The van der Waals surface area contributed by atoms with Gasteiger partial charge in [-0.2, -0.15) is 4.37 Å². The van der Waals surface area contributed by atoms with Crippen LogP contribution >= 0.6 is 11.5 Å². The third-order valence-corrected chi connectivity index (χ3v) is 9.00. The Morgan fingerprint density at radius 2 is 2.09 bits per heavy atom. The van der Waals surface area contributed by atoms with E-state index in [2.05, 4.69) is 26.2 Å². The van der Waals surface area contributed by atoms with Crippen LogP contribution in [0.25, 0.3) is 11.3 Å². The molecule has 2 atom stereocenters. The molecule has 34 heavy (non-hydrogen) atoms. The van der Waals surface area contributed by atoms with Crippen LogP contribution < -0.4 is 4.31 Å². The smallest absolute Gasteiger partial charge is 0.259 e. The first-order valence-corrected chi connectivity index (χ1v) is 13.5. The molecule has 2 aromatic heterocycles. The molecule has 1 saturated heterocycles. The van der Waals surface area contributed by atoms with E-state index in [1.807, 2.05) is 37.4 Å². The number of likely N-dealkylation sites (tertiary alicyclic amines) is 1. The van der Waals surface area contributed by atoms with Gasteiger partial charge in [-0.15, -0.1) is 0 Å². The fourth-order valence-corrected chi connectivity index (χ4v) is 7.32. The molecule has 0 aliphatic carbocycles. The minimum Gasteiger partial charge on any atom is -0.507 e. The van der Waals surface area contributed by atoms with Gasteiger partial charge in [0.2, 0.25) is 0 Å². The maximum atomic E-state index is 13.0. The van der Waals surface area contributed by atoms with Gasteiger partial charge in [0.25, 0.3) is 10.0 Å². The first-order chi connectivity index (χ1) is 16.2. The monoisotopic (exact) mass is 497 g/mol. The molecule has 0 unspecified atom stereocenters. The van der Waals surface area contributed by atoms with Crippen LogP contribution in [0, 0.1) is 13.8 Å². The van der Waals surface area contributed by atoms with Crippen molar-refractivity contribution in [2.75, 3.05) is 10.8 Å². The normalized spacial score (nSPS) is 24.2. The number of anilines is 1. The molecule has 0 saturated carbocycles. The first-order valence-electron chi connectivity index (χ1n) is 11.2. The third kappa shape index (κ3) is 3.99. The van der Waals surface area contributed by atoms with Crippen molar-refractivity contribution in [1.82, 2.24) is 19.2 Å². The van der Waals surface area contributed by atoms with Crippen molar-refractivity contribution in [3.63, 3.8) is 0 Å². The number of hydrogen-bond donors (Lipinski definition) is 1. The highest BCUT2D eigenvalue weighted by atomic mass is 32.2. The standard InChI is InChI=1S/C24H27N5O3S2/c1-16-15-33-27-23(16)20-10-19(4-5-21(20)30)14-28-8-6-24(11-18(28)3)7-9-34(31,32)29(24)22-13-25-12-17(2)26-22/h4-5,7,9-10,12-13,15,18,30H,6,8,11,14H2,1-3H3/t18-,24-/m0/s1. The summed E-state index contributed by atoms with van der Waals surface area (Å²) in [6.07, 6.45) is 6.27. The molecule has 1 N–H and O–H groups in total. The van der Waals surface area contributed by atoms with Crippen LogP contribution in [-0.4, -0.2) is 50.9 Å². The molecule has 1 aromatic carbocycles. The summed E-state index contributed by atoms with van der Waals surface area (Å²) in [5.41, 5.74) is 3.71. The van der Waals surface area contributed by atoms with Crippen LogP contribution in [0.1, 0.15) is 36.6 Å². The first kappa shape index (κ1) is 22.9. The van der Waals surface area contributed by atoms with E-state index in [0.29, 0.717) is 30.9 Å². The van der Waals surface area contributed by atoms with Crippen LogP contribution in [-0.2, 0) is 16.6 Å². The predicted molar refractivity (Wildman–Crippen MR) is 133 cm³/mol. The summed E-state index contributed by atoms with van der Waals surface area (Å²) in [6.45, 7) is 7.36. The van der Waals surface area contributed by atoms with Crippen LogP contribution in [0.4, 0.5) is 5.82 Å². The van der Waals surface area contributed by atoms with E-state index in [-0.39, 0.29) is 11.8 Å². The van der Waals surface area contributed by atoms with E-state index < -0.39 is 15.6 Å². The van der Waals surface area contributed by atoms with Gasteiger partial charge in [0, 0.05) is 41.7 Å². The lowest BCUT2D eigenvalue weighted by molar-refractivity contribution is 0.119. The van der Waals surface area contributed by atoms with Gasteiger partial charge in [-0.25, -0.2) is 17.7 Å². The number of nitrogens with zero attached hydrogens (tertiary/aromatic N) is 5. The molecule has 8 nitrogen and oxygen atoms in total. The number of benzene rings is 1. The lowest BCUT2D eigenvalue weighted by Crippen LogP contribution is -2.56. The van der Waals surface area contributed by atoms with Crippen molar-refractivity contribution in [3.8, 4) is 17.0 Å². The minimum absolute atomic E-state index is 0.130. The van der Waals surface area contributed by atoms with Gasteiger partial charge in [0.05, 0.1) is 23.1 Å². The van der Waals surface area contributed by atoms with Gasteiger partial charge < -0.3 is 5.11 Å². The fourth-order valence-electron chi connectivity index (χ4n) is 5.03. The summed E-state index contributed by atoms with van der Waals surface area (Å²) < 4.78 is 31.8. The second-order valence-corrected chi connectivity index (χ2v) is 11.5. The number of sulfonamides is 1. The molecule has 0 bridgehead atoms. The van der Waals surface area contributed by atoms with Crippen LogP contribution in [0.15, 0.2) is 47.5 Å². The summed E-state index contributed by atoms with van der Waals surface area (Å²) in [6, 6.07) is 5.80. The van der Waals surface area contributed by atoms with Crippen molar-refractivity contribution in [2.45, 2.75) is 51.7 Å². The second kappa shape index (κ2) is 8.44. The summed E-state index contributed by atoms with van der Waals surface area (Å²) in [5.74, 6) is 0.590. The summed E-state index contributed by atoms with van der Waals surface area (Å²) >= 11 is 1.38. The van der Waals surface area contributed by atoms with Gasteiger partial charge in [-0.1, -0.05) is 6.07 Å². The number of phenols is 1. The molecular weight excluding hydrogens is 470 g/mol. The summed E-state index contributed by atoms with van der Waals surface area (Å²) in [5, 5.41) is 13.7. The molecule has 178 valence electrons.